The molecule has 0 saturated carbocycles. The highest BCUT2D eigenvalue weighted by Gasteiger charge is 2.21. The largest absolute Gasteiger partial charge is 0.458 e. The summed E-state index contributed by atoms with van der Waals surface area (Å²) in [5.41, 5.74) is 2.08. The number of benzene rings is 2. The Bertz CT molecular complexity index is 883. The van der Waals surface area contributed by atoms with Crippen molar-refractivity contribution in [3.05, 3.63) is 89.5 Å². The first-order chi connectivity index (χ1) is 13.4. The summed E-state index contributed by atoms with van der Waals surface area (Å²) in [7, 11) is 0. The van der Waals surface area contributed by atoms with E-state index >= 15 is 0 Å². The van der Waals surface area contributed by atoms with E-state index in [1.165, 1.54) is 6.92 Å². The van der Waals surface area contributed by atoms with E-state index in [-0.39, 0.29) is 17.8 Å². The van der Waals surface area contributed by atoms with Crippen molar-refractivity contribution in [1.29, 1.82) is 5.26 Å². The Morgan fingerprint density at radius 3 is 1.93 bits per heavy atom. The average molecular weight is 375 g/mol. The van der Waals surface area contributed by atoms with E-state index < -0.39 is 18.0 Å². The maximum Gasteiger partial charge on any atom is 0.349 e. The Kier molecular flexibility index (Phi) is 7.29. The standard InChI is InChI=1S/C23H21NO4/c1-16(2)22(25)28-17(3)15-27-23(26)20(14-24)21(18-10-6-4-7-11-18)19-12-8-5-9-13-19/h4-13,17H,1,15H2,2-3H3. The minimum atomic E-state index is -0.775. The van der Waals surface area contributed by atoms with Crippen LogP contribution in [0.25, 0.3) is 5.57 Å². The molecule has 1 atom stereocenters. The van der Waals surface area contributed by atoms with Gasteiger partial charge in [-0.25, -0.2) is 9.59 Å². The van der Waals surface area contributed by atoms with E-state index in [1.54, 1.807) is 6.92 Å². The molecule has 5 nitrogen and oxygen atoms in total. The third kappa shape index (κ3) is 5.42. The first kappa shape index (κ1) is 20.7. The summed E-state index contributed by atoms with van der Waals surface area (Å²) < 4.78 is 10.3. The van der Waals surface area contributed by atoms with Crippen molar-refractivity contribution in [3.8, 4) is 6.07 Å². The van der Waals surface area contributed by atoms with Crippen molar-refractivity contribution in [1.82, 2.24) is 0 Å². The van der Waals surface area contributed by atoms with Gasteiger partial charge in [0, 0.05) is 11.1 Å². The zero-order valence-corrected chi connectivity index (χ0v) is 15.8. The van der Waals surface area contributed by atoms with Crippen molar-refractivity contribution < 1.29 is 19.1 Å². The molecule has 2 aromatic rings. The summed E-state index contributed by atoms with van der Waals surface area (Å²) in [4.78, 5) is 24.2. The summed E-state index contributed by atoms with van der Waals surface area (Å²) in [5.74, 6) is -1.34. The molecule has 2 aromatic carbocycles. The van der Waals surface area contributed by atoms with E-state index in [4.69, 9.17) is 9.47 Å². The molecule has 0 radical (unpaired) electrons. The van der Waals surface area contributed by atoms with Crippen molar-refractivity contribution in [2.75, 3.05) is 6.61 Å². The molecule has 0 N–H and O–H groups in total. The van der Waals surface area contributed by atoms with E-state index in [9.17, 15) is 14.9 Å². The van der Waals surface area contributed by atoms with Crippen LogP contribution in [0.15, 0.2) is 78.4 Å². The minimum Gasteiger partial charge on any atom is -0.458 e. The van der Waals surface area contributed by atoms with Gasteiger partial charge in [-0.2, -0.15) is 5.26 Å². The van der Waals surface area contributed by atoms with Gasteiger partial charge in [0.15, 0.2) is 0 Å². The summed E-state index contributed by atoms with van der Waals surface area (Å²) in [5, 5.41) is 9.67. The van der Waals surface area contributed by atoms with Crippen LogP contribution in [-0.2, 0) is 19.1 Å². The SMILES string of the molecule is C=C(C)C(=O)OC(C)COC(=O)C(C#N)=C(c1ccccc1)c1ccccc1. The molecule has 0 heterocycles. The zero-order valence-electron chi connectivity index (χ0n) is 15.8. The predicted molar refractivity (Wildman–Crippen MR) is 106 cm³/mol. The highest BCUT2D eigenvalue weighted by molar-refractivity contribution is 6.05. The average Bonchev–Trinajstić information content (AvgIpc) is 2.71. The lowest BCUT2D eigenvalue weighted by molar-refractivity contribution is -0.152. The van der Waals surface area contributed by atoms with Crippen LogP contribution in [0.2, 0.25) is 0 Å². The van der Waals surface area contributed by atoms with Crippen molar-refractivity contribution in [3.63, 3.8) is 0 Å². The van der Waals surface area contributed by atoms with Crippen LogP contribution in [0.5, 0.6) is 0 Å². The van der Waals surface area contributed by atoms with Crippen LogP contribution in [0.3, 0.4) is 0 Å². The molecule has 0 fully saturated rings. The molecule has 28 heavy (non-hydrogen) atoms. The third-order valence-corrected chi connectivity index (χ3v) is 3.80. The maximum atomic E-state index is 12.6. The van der Waals surface area contributed by atoms with E-state index in [2.05, 4.69) is 6.58 Å². The lowest BCUT2D eigenvalue weighted by Crippen LogP contribution is -2.23. The van der Waals surface area contributed by atoms with E-state index in [0.717, 1.165) is 11.1 Å². The number of ether oxygens (including phenoxy) is 2. The number of hydrogen-bond donors (Lipinski definition) is 0. The number of nitrogens with zero attached hydrogens (tertiary/aromatic N) is 1. The second kappa shape index (κ2) is 9.89. The first-order valence-corrected chi connectivity index (χ1v) is 8.72. The molecular formula is C23H21NO4. The quantitative estimate of drug-likeness (QED) is 0.414. The van der Waals surface area contributed by atoms with Gasteiger partial charge in [0.2, 0.25) is 0 Å². The van der Waals surface area contributed by atoms with Gasteiger partial charge in [-0.3, -0.25) is 0 Å². The molecule has 142 valence electrons. The predicted octanol–water partition coefficient (Wildman–Crippen LogP) is 4.06. The smallest absolute Gasteiger partial charge is 0.349 e. The summed E-state index contributed by atoms with van der Waals surface area (Å²) in [6.45, 7) is 6.46. The molecule has 0 bridgehead atoms. The van der Waals surface area contributed by atoms with Gasteiger partial charge < -0.3 is 9.47 Å². The topological polar surface area (TPSA) is 76.4 Å². The van der Waals surface area contributed by atoms with Crippen LogP contribution in [0, 0.1) is 11.3 Å². The lowest BCUT2D eigenvalue weighted by atomic mass is 9.93. The van der Waals surface area contributed by atoms with Crippen LogP contribution in [-0.4, -0.2) is 24.6 Å². The molecule has 0 aliphatic rings. The van der Waals surface area contributed by atoms with E-state index in [1.807, 2.05) is 66.7 Å². The van der Waals surface area contributed by atoms with E-state index in [0.29, 0.717) is 5.57 Å². The maximum absolute atomic E-state index is 12.6. The van der Waals surface area contributed by atoms with Gasteiger partial charge in [-0.15, -0.1) is 0 Å². The van der Waals surface area contributed by atoms with Gasteiger partial charge in [0.25, 0.3) is 0 Å². The number of esters is 2. The number of carbonyl (C=O) groups excluding carboxylic acids is 2. The van der Waals surface area contributed by atoms with Gasteiger partial charge in [-0.1, -0.05) is 67.2 Å². The molecule has 0 spiro atoms. The fourth-order valence-corrected chi connectivity index (χ4v) is 2.45. The summed E-state index contributed by atoms with van der Waals surface area (Å²) in [6.07, 6.45) is -0.662. The molecule has 0 amide bonds. The molecule has 1 unspecified atom stereocenters. The Morgan fingerprint density at radius 1 is 1.00 bits per heavy atom. The fraction of sp³-hybridized carbons (Fsp3) is 0.174. The van der Waals surface area contributed by atoms with Crippen LogP contribution in [0.4, 0.5) is 0 Å². The number of rotatable bonds is 7. The number of carbonyl (C=O) groups is 2. The van der Waals surface area contributed by atoms with Crippen molar-refractivity contribution in [2.24, 2.45) is 0 Å². The zero-order chi connectivity index (χ0) is 20.5. The lowest BCUT2D eigenvalue weighted by Gasteiger charge is -2.15. The Balaban J connectivity index is 2.30. The van der Waals surface area contributed by atoms with Gasteiger partial charge >= 0.3 is 11.9 Å². The molecular weight excluding hydrogens is 354 g/mol. The van der Waals surface area contributed by atoms with Crippen molar-refractivity contribution in [2.45, 2.75) is 20.0 Å². The second-order valence-electron chi connectivity index (χ2n) is 6.19. The van der Waals surface area contributed by atoms with Gasteiger partial charge in [0.05, 0.1) is 0 Å². The molecule has 0 aliphatic carbocycles. The molecule has 0 aliphatic heterocycles. The fourth-order valence-electron chi connectivity index (χ4n) is 2.45. The highest BCUT2D eigenvalue weighted by atomic mass is 16.6. The van der Waals surface area contributed by atoms with Gasteiger partial charge in [0.1, 0.15) is 24.4 Å². The number of hydrogen-bond acceptors (Lipinski definition) is 5. The normalized spacial score (nSPS) is 10.9. The monoisotopic (exact) mass is 375 g/mol. The Hall–Kier alpha value is -3.65. The number of nitriles is 1. The summed E-state index contributed by atoms with van der Waals surface area (Å²) >= 11 is 0. The Morgan fingerprint density at radius 2 is 1.50 bits per heavy atom. The second-order valence-corrected chi connectivity index (χ2v) is 6.19. The first-order valence-electron chi connectivity index (χ1n) is 8.72. The molecule has 0 aromatic heterocycles. The van der Waals surface area contributed by atoms with Crippen LogP contribution >= 0.6 is 0 Å². The van der Waals surface area contributed by atoms with Gasteiger partial charge in [-0.05, 0) is 25.0 Å². The van der Waals surface area contributed by atoms with Crippen LogP contribution in [0.1, 0.15) is 25.0 Å². The summed E-state index contributed by atoms with van der Waals surface area (Å²) in [6, 6.07) is 20.3. The molecule has 2 rings (SSSR count). The third-order valence-electron chi connectivity index (χ3n) is 3.80. The van der Waals surface area contributed by atoms with Crippen molar-refractivity contribution >= 4 is 17.5 Å². The molecule has 5 heteroatoms. The van der Waals surface area contributed by atoms with Crippen LogP contribution < -0.4 is 0 Å². The highest BCUT2D eigenvalue weighted by Crippen LogP contribution is 2.27. The molecule has 0 saturated heterocycles. The minimum absolute atomic E-state index is 0.115. The Labute approximate surface area is 164 Å².